The van der Waals surface area contributed by atoms with Gasteiger partial charge < -0.3 is 19.7 Å². The van der Waals surface area contributed by atoms with E-state index in [1.54, 1.807) is 62.6 Å². The average molecular weight is 628 g/mol. The van der Waals surface area contributed by atoms with Crippen molar-refractivity contribution in [3.63, 3.8) is 0 Å². The van der Waals surface area contributed by atoms with E-state index in [9.17, 15) is 18.0 Å². The highest BCUT2D eigenvalue weighted by Crippen LogP contribution is 2.33. The number of rotatable bonds is 16. The van der Waals surface area contributed by atoms with Crippen LogP contribution in [0.15, 0.2) is 82.6 Å². The third-order valence-corrected chi connectivity index (χ3v) is 9.32. The lowest BCUT2D eigenvalue weighted by molar-refractivity contribution is -0.140. The van der Waals surface area contributed by atoms with Crippen molar-refractivity contribution < 1.29 is 27.5 Å². The van der Waals surface area contributed by atoms with Gasteiger partial charge >= 0.3 is 0 Å². The minimum Gasteiger partial charge on any atom is -0.497 e. The van der Waals surface area contributed by atoms with E-state index in [1.165, 1.54) is 28.8 Å². The zero-order valence-electron chi connectivity index (χ0n) is 25.4. The number of methoxy groups -OCH3 is 1. The second kappa shape index (κ2) is 16.2. The summed E-state index contributed by atoms with van der Waals surface area (Å²) in [6, 6.07) is 19.6. The quantitative estimate of drug-likeness (QED) is 0.214. The second-order valence-electron chi connectivity index (χ2n) is 9.67. The molecule has 0 saturated carbocycles. The van der Waals surface area contributed by atoms with Gasteiger partial charge in [-0.05, 0) is 80.1 Å². The Balaban J connectivity index is 2.10. The summed E-state index contributed by atoms with van der Waals surface area (Å²) in [5.41, 5.74) is 1.01. The van der Waals surface area contributed by atoms with Crippen molar-refractivity contribution >= 4 is 39.3 Å². The zero-order chi connectivity index (χ0) is 31.4. The molecular weight excluding hydrogens is 587 g/mol. The molecule has 3 rings (SSSR count). The number of hydrogen-bond acceptors (Lipinski definition) is 7. The topological polar surface area (TPSA) is 105 Å². The number of sulfonamides is 1. The maximum Gasteiger partial charge on any atom is 0.264 e. The molecule has 0 unspecified atom stereocenters. The Morgan fingerprint density at radius 3 is 2.21 bits per heavy atom. The zero-order valence-corrected chi connectivity index (χ0v) is 27.0. The van der Waals surface area contributed by atoms with E-state index in [1.807, 2.05) is 32.2 Å². The molecule has 3 aromatic rings. The molecule has 0 heterocycles. The van der Waals surface area contributed by atoms with Crippen LogP contribution in [0.1, 0.15) is 39.2 Å². The smallest absolute Gasteiger partial charge is 0.264 e. The Labute approximate surface area is 259 Å². The number of nitrogens with zero attached hydrogens (tertiary/aromatic N) is 2. The number of carbonyl (C=O) groups is 2. The van der Waals surface area contributed by atoms with Gasteiger partial charge in [0.15, 0.2) is 0 Å². The number of para-hydroxylation sites is 2. The number of ether oxygens (including phenoxy) is 2. The molecule has 0 bridgehead atoms. The summed E-state index contributed by atoms with van der Waals surface area (Å²) >= 11 is 1.50. The fraction of sp³-hybridized carbons (Fsp3) is 0.375. The number of thioether (sulfide) groups is 1. The van der Waals surface area contributed by atoms with Crippen molar-refractivity contribution in [2.24, 2.45) is 0 Å². The lowest BCUT2D eigenvalue weighted by atomic mass is 10.1. The molecule has 43 heavy (non-hydrogen) atoms. The van der Waals surface area contributed by atoms with Gasteiger partial charge in [0.1, 0.15) is 24.1 Å². The Hall–Kier alpha value is -3.70. The molecule has 9 nitrogen and oxygen atoms in total. The number of carbonyl (C=O) groups excluding carboxylic acids is 2. The summed E-state index contributed by atoms with van der Waals surface area (Å²) < 4.78 is 40.5. The molecule has 0 spiro atoms. The molecule has 1 N–H and O–H groups in total. The molecule has 11 heteroatoms. The molecule has 2 amide bonds. The summed E-state index contributed by atoms with van der Waals surface area (Å²) in [5.74, 6) is 0.177. The minimum atomic E-state index is -4.22. The molecule has 0 radical (unpaired) electrons. The Morgan fingerprint density at radius 2 is 1.63 bits per heavy atom. The van der Waals surface area contributed by atoms with E-state index < -0.39 is 28.5 Å². The van der Waals surface area contributed by atoms with E-state index >= 15 is 0 Å². The number of nitrogens with one attached hydrogen (secondary N) is 1. The van der Waals surface area contributed by atoms with E-state index in [0.29, 0.717) is 31.1 Å². The predicted molar refractivity (Wildman–Crippen MR) is 171 cm³/mol. The van der Waals surface area contributed by atoms with Crippen molar-refractivity contribution in [3.05, 3.63) is 78.4 Å². The van der Waals surface area contributed by atoms with Gasteiger partial charge in [-0.1, -0.05) is 38.1 Å². The molecule has 3 aromatic carbocycles. The van der Waals surface area contributed by atoms with Gasteiger partial charge in [-0.3, -0.25) is 13.9 Å². The first-order valence-corrected chi connectivity index (χ1v) is 16.9. The van der Waals surface area contributed by atoms with Crippen LogP contribution in [0.5, 0.6) is 11.5 Å². The van der Waals surface area contributed by atoms with E-state index in [0.717, 1.165) is 21.2 Å². The Bertz CT molecular complexity index is 1450. The summed E-state index contributed by atoms with van der Waals surface area (Å²) in [6.45, 7) is 5.92. The molecule has 0 saturated heterocycles. The van der Waals surface area contributed by atoms with Crippen molar-refractivity contribution in [1.82, 2.24) is 10.2 Å². The van der Waals surface area contributed by atoms with Gasteiger partial charge in [0, 0.05) is 18.0 Å². The number of amides is 2. The van der Waals surface area contributed by atoms with Crippen molar-refractivity contribution in [1.29, 1.82) is 0 Å². The Morgan fingerprint density at radius 1 is 0.953 bits per heavy atom. The molecule has 0 aliphatic carbocycles. The normalized spacial score (nSPS) is 11.8. The molecule has 232 valence electrons. The number of hydrogen-bond donors (Lipinski definition) is 1. The fourth-order valence-electron chi connectivity index (χ4n) is 4.54. The highest BCUT2D eigenvalue weighted by molar-refractivity contribution is 7.98. The van der Waals surface area contributed by atoms with Crippen LogP contribution in [0.4, 0.5) is 5.69 Å². The third-order valence-electron chi connectivity index (χ3n) is 6.81. The van der Waals surface area contributed by atoms with Crippen LogP contribution in [0.2, 0.25) is 0 Å². The van der Waals surface area contributed by atoms with Crippen LogP contribution in [0, 0.1) is 0 Å². The molecular formula is C32H41N3O6S2. The van der Waals surface area contributed by atoms with Gasteiger partial charge in [0.2, 0.25) is 11.8 Å². The van der Waals surface area contributed by atoms with Crippen molar-refractivity contribution in [2.45, 2.75) is 56.0 Å². The monoisotopic (exact) mass is 627 g/mol. The first kappa shape index (κ1) is 33.8. The fourth-order valence-corrected chi connectivity index (χ4v) is 6.38. The van der Waals surface area contributed by atoms with Gasteiger partial charge in [-0.2, -0.15) is 0 Å². The van der Waals surface area contributed by atoms with Crippen LogP contribution in [-0.4, -0.2) is 64.2 Å². The average Bonchev–Trinajstić information content (AvgIpc) is 3.03. The van der Waals surface area contributed by atoms with Crippen LogP contribution >= 0.6 is 11.8 Å². The predicted octanol–water partition coefficient (Wildman–Crippen LogP) is 5.34. The summed E-state index contributed by atoms with van der Waals surface area (Å²) in [7, 11) is -2.65. The molecule has 0 aliphatic heterocycles. The first-order chi connectivity index (χ1) is 20.7. The third kappa shape index (κ3) is 8.67. The highest BCUT2D eigenvalue weighted by Gasteiger charge is 2.34. The van der Waals surface area contributed by atoms with Crippen LogP contribution in [0.3, 0.4) is 0 Å². The molecule has 0 aliphatic rings. The molecule has 0 fully saturated rings. The van der Waals surface area contributed by atoms with Gasteiger partial charge in [-0.15, -0.1) is 11.8 Å². The Kier molecular flexibility index (Phi) is 12.8. The lowest BCUT2D eigenvalue weighted by Crippen LogP contribution is -2.52. The minimum absolute atomic E-state index is 0.0406. The van der Waals surface area contributed by atoms with Gasteiger partial charge in [0.25, 0.3) is 10.0 Å². The largest absolute Gasteiger partial charge is 0.497 e. The standard InChI is InChI=1S/C32H41N3O6S2/c1-6-21-33-32(37)28(7-2)34(22-24-13-15-25(40-4)16-14-24)31(36)23-35(29-11-9-10-12-30(29)41-8-3)43(38,39)27-19-17-26(42-5)18-20-27/h9-20,28H,6-8,21-23H2,1-5H3,(H,33,37)/t28-/m0/s1. The van der Waals surface area contributed by atoms with Crippen molar-refractivity contribution in [2.75, 3.05) is 37.4 Å². The number of benzene rings is 3. The van der Waals surface area contributed by atoms with Crippen molar-refractivity contribution in [3.8, 4) is 11.5 Å². The van der Waals surface area contributed by atoms with Crippen LogP contribution in [0.25, 0.3) is 0 Å². The summed E-state index contributed by atoms with van der Waals surface area (Å²) in [6.07, 6.45) is 2.99. The van der Waals surface area contributed by atoms with Gasteiger partial charge in [0.05, 0.1) is 24.3 Å². The molecule has 0 aromatic heterocycles. The summed E-state index contributed by atoms with van der Waals surface area (Å²) in [5, 5.41) is 2.89. The molecule has 1 atom stereocenters. The van der Waals surface area contributed by atoms with Gasteiger partial charge in [-0.25, -0.2) is 8.42 Å². The second-order valence-corrected chi connectivity index (χ2v) is 12.4. The maximum absolute atomic E-state index is 14.3. The van der Waals surface area contributed by atoms with Crippen LogP contribution < -0.4 is 19.1 Å². The number of anilines is 1. The maximum atomic E-state index is 14.3. The summed E-state index contributed by atoms with van der Waals surface area (Å²) in [4.78, 5) is 29.9. The SMILES string of the molecule is CCCNC(=O)[C@H](CC)N(Cc1ccc(OC)cc1)C(=O)CN(c1ccccc1OCC)S(=O)(=O)c1ccc(SC)cc1. The van der Waals surface area contributed by atoms with E-state index in [-0.39, 0.29) is 23.0 Å². The van der Waals surface area contributed by atoms with E-state index in [4.69, 9.17) is 9.47 Å². The lowest BCUT2D eigenvalue weighted by Gasteiger charge is -2.33. The highest BCUT2D eigenvalue weighted by atomic mass is 32.2. The van der Waals surface area contributed by atoms with E-state index in [2.05, 4.69) is 5.32 Å². The van der Waals surface area contributed by atoms with Crippen LogP contribution in [-0.2, 0) is 26.2 Å². The first-order valence-electron chi connectivity index (χ1n) is 14.3.